The van der Waals surface area contributed by atoms with Crippen LogP contribution in [0.2, 0.25) is 0 Å². The third-order valence-electron chi connectivity index (χ3n) is 4.52. The summed E-state index contributed by atoms with van der Waals surface area (Å²) in [6.07, 6.45) is 1.69. The maximum Gasteiger partial charge on any atom is 0.254 e. The zero-order valence-electron chi connectivity index (χ0n) is 15.1. The van der Waals surface area contributed by atoms with Crippen molar-refractivity contribution in [2.45, 2.75) is 30.3 Å². The summed E-state index contributed by atoms with van der Waals surface area (Å²) in [5.74, 6) is -0.562. The van der Waals surface area contributed by atoms with Crippen LogP contribution in [-0.2, 0) is 16.6 Å². The number of hydrogen-bond donors (Lipinski definition) is 1. The van der Waals surface area contributed by atoms with Crippen molar-refractivity contribution in [1.82, 2.24) is 9.62 Å². The second kappa shape index (κ2) is 7.66. The Labute approximate surface area is 158 Å². The van der Waals surface area contributed by atoms with Crippen molar-refractivity contribution in [3.8, 4) is 5.75 Å². The SMILES string of the molecule is CNS(=O)(=O)c1cc(C(=O)N(Cc2ccccc2F)C2CC2)ccc1OC. The van der Waals surface area contributed by atoms with Gasteiger partial charge in [0.05, 0.1) is 7.11 Å². The van der Waals surface area contributed by atoms with Crippen LogP contribution < -0.4 is 9.46 Å². The molecule has 0 radical (unpaired) electrons. The zero-order valence-corrected chi connectivity index (χ0v) is 15.9. The standard InChI is InChI=1S/C19H21FN2O4S/c1-21-27(24,25)18-11-13(7-10-17(18)26-2)19(23)22(15-8-9-15)12-14-5-3-4-6-16(14)20/h3-7,10-11,15,21H,8-9,12H2,1-2H3. The van der Waals surface area contributed by atoms with Crippen LogP contribution in [-0.4, -0.2) is 39.4 Å². The Balaban J connectivity index is 1.95. The average molecular weight is 392 g/mol. The molecule has 1 N–H and O–H groups in total. The Morgan fingerprint density at radius 1 is 1.26 bits per heavy atom. The molecule has 0 heterocycles. The Morgan fingerprint density at radius 3 is 2.56 bits per heavy atom. The van der Waals surface area contributed by atoms with Gasteiger partial charge in [-0.2, -0.15) is 0 Å². The van der Waals surface area contributed by atoms with Crippen LogP contribution in [0, 0.1) is 5.82 Å². The maximum absolute atomic E-state index is 14.0. The molecule has 1 aliphatic carbocycles. The van der Waals surface area contributed by atoms with Crippen LogP contribution in [0.5, 0.6) is 5.75 Å². The summed E-state index contributed by atoms with van der Waals surface area (Å²) in [6.45, 7) is 0.135. The topological polar surface area (TPSA) is 75.7 Å². The van der Waals surface area contributed by atoms with Crippen molar-refractivity contribution >= 4 is 15.9 Å². The molecule has 0 spiro atoms. The van der Waals surface area contributed by atoms with Gasteiger partial charge >= 0.3 is 0 Å². The number of nitrogens with zero attached hydrogens (tertiary/aromatic N) is 1. The first kappa shape index (κ1) is 19.3. The minimum Gasteiger partial charge on any atom is -0.495 e. The number of hydrogen-bond acceptors (Lipinski definition) is 4. The molecule has 27 heavy (non-hydrogen) atoms. The van der Waals surface area contributed by atoms with Gasteiger partial charge in [0.15, 0.2) is 0 Å². The normalized spacial score (nSPS) is 14.0. The molecule has 3 rings (SSSR count). The smallest absolute Gasteiger partial charge is 0.254 e. The highest BCUT2D eigenvalue weighted by Crippen LogP contribution is 2.32. The van der Waals surface area contributed by atoms with Crippen LogP contribution in [0.15, 0.2) is 47.4 Å². The fourth-order valence-electron chi connectivity index (χ4n) is 2.86. The molecule has 1 saturated carbocycles. The molecule has 2 aromatic carbocycles. The van der Waals surface area contributed by atoms with Gasteiger partial charge in [-0.15, -0.1) is 0 Å². The Morgan fingerprint density at radius 2 is 1.96 bits per heavy atom. The summed E-state index contributed by atoms with van der Waals surface area (Å²) < 4.78 is 45.8. The van der Waals surface area contributed by atoms with E-state index in [1.165, 1.54) is 38.4 Å². The van der Waals surface area contributed by atoms with E-state index in [9.17, 15) is 17.6 Å². The largest absolute Gasteiger partial charge is 0.495 e. The summed E-state index contributed by atoms with van der Waals surface area (Å²) in [4.78, 5) is 14.5. The van der Waals surface area contributed by atoms with E-state index >= 15 is 0 Å². The molecule has 0 atom stereocenters. The number of nitrogens with one attached hydrogen (secondary N) is 1. The lowest BCUT2D eigenvalue weighted by Gasteiger charge is -2.23. The third kappa shape index (κ3) is 4.12. The van der Waals surface area contributed by atoms with E-state index in [-0.39, 0.29) is 40.5 Å². The van der Waals surface area contributed by atoms with Gasteiger partial charge in [-0.3, -0.25) is 4.79 Å². The van der Waals surface area contributed by atoms with Crippen LogP contribution in [0.4, 0.5) is 4.39 Å². The highest BCUT2D eigenvalue weighted by atomic mass is 32.2. The molecule has 8 heteroatoms. The van der Waals surface area contributed by atoms with E-state index in [2.05, 4.69) is 4.72 Å². The number of amides is 1. The Hall–Kier alpha value is -2.45. The van der Waals surface area contributed by atoms with E-state index in [1.54, 1.807) is 23.1 Å². The van der Waals surface area contributed by atoms with E-state index in [0.717, 1.165) is 12.8 Å². The molecule has 0 aliphatic heterocycles. The van der Waals surface area contributed by atoms with Crippen molar-refractivity contribution in [1.29, 1.82) is 0 Å². The summed E-state index contributed by atoms with van der Waals surface area (Å²) in [6, 6.07) is 10.6. The molecule has 2 aromatic rings. The fraction of sp³-hybridized carbons (Fsp3) is 0.316. The monoisotopic (exact) mass is 392 g/mol. The first-order valence-corrected chi connectivity index (χ1v) is 10.0. The van der Waals surface area contributed by atoms with Gasteiger partial charge in [0.2, 0.25) is 10.0 Å². The van der Waals surface area contributed by atoms with Crippen LogP contribution >= 0.6 is 0 Å². The molecule has 6 nitrogen and oxygen atoms in total. The average Bonchev–Trinajstić information content (AvgIpc) is 3.51. The lowest BCUT2D eigenvalue weighted by Crippen LogP contribution is -2.33. The minimum absolute atomic E-state index is 0.0311. The summed E-state index contributed by atoms with van der Waals surface area (Å²) in [5.41, 5.74) is 0.641. The predicted molar refractivity (Wildman–Crippen MR) is 98.5 cm³/mol. The molecular weight excluding hydrogens is 371 g/mol. The van der Waals surface area contributed by atoms with Crippen LogP contribution in [0.1, 0.15) is 28.8 Å². The number of benzene rings is 2. The number of halogens is 1. The van der Waals surface area contributed by atoms with Crippen LogP contribution in [0.3, 0.4) is 0 Å². The number of methoxy groups -OCH3 is 1. The van der Waals surface area contributed by atoms with Gasteiger partial charge in [0, 0.05) is 23.7 Å². The number of sulfonamides is 1. The van der Waals surface area contributed by atoms with Crippen molar-refractivity contribution in [2.24, 2.45) is 0 Å². The second-order valence-corrected chi connectivity index (χ2v) is 8.18. The molecule has 0 saturated heterocycles. The lowest BCUT2D eigenvalue weighted by molar-refractivity contribution is 0.0728. The van der Waals surface area contributed by atoms with Crippen molar-refractivity contribution in [3.63, 3.8) is 0 Å². The third-order valence-corrected chi connectivity index (χ3v) is 5.95. The summed E-state index contributed by atoms with van der Waals surface area (Å²) >= 11 is 0. The van der Waals surface area contributed by atoms with Gasteiger partial charge in [-0.05, 0) is 44.2 Å². The number of carbonyl (C=O) groups is 1. The summed E-state index contributed by atoms with van der Waals surface area (Å²) in [7, 11) is -1.15. The molecule has 1 amide bonds. The second-order valence-electron chi connectivity index (χ2n) is 6.33. The number of carbonyl (C=O) groups excluding carboxylic acids is 1. The van der Waals surface area contributed by atoms with E-state index in [0.29, 0.717) is 5.56 Å². The van der Waals surface area contributed by atoms with Gasteiger partial charge < -0.3 is 9.64 Å². The molecule has 1 fully saturated rings. The van der Waals surface area contributed by atoms with Gasteiger partial charge in [-0.25, -0.2) is 17.5 Å². The fourth-order valence-corrected chi connectivity index (χ4v) is 3.78. The molecule has 1 aliphatic rings. The molecular formula is C19H21FN2O4S. The lowest BCUT2D eigenvalue weighted by atomic mass is 10.1. The molecule has 0 bridgehead atoms. The van der Waals surface area contributed by atoms with Gasteiger partial charge in [0.25, 0.3) is 5.91 Å². The van der Waals surface area contributed by atoms with E-state index in [1.807, 2.05) is 0 Å². The quantitative estimate of drug-likeness (QED) is 0.786. The minimum atomic E-state index is -3.80. The first-order valence-electron chi connectivity index (χ1n) is 8.53. The molecule has 144 valence electrons. The van der Waals surface area contributed by atoms with Gasteiger partial charge in [0.1, 0.15) is 16.5 Å². The first-order chi connectivity index (χ1) is 12.9. The predicted octanol–water partition coefficient (Wildman–Crippen LogP) is 2.55. The van der Waals surface area contributed by atoms with E-state index in [4.69, 9.17) is 4.74 Å². The van der Waals surface area contributed by atoms with Crippen molar-refractivity contribution in [3.05, 3.63) is 59.4 Å². The molecule has 0 aromatic heterocycles. The molecule has 0 unspecified atom stereocenters. The van der Waals surface area contributed by atoms with Crippen molar-refractivity contribution in [2.75, 3.05) is 14.2 Å². The Bertz CT molecular complexity index is 958. The maximum atomic E-state index is 14.0. The van der Waals surface area contributed by atoms with Crippen molar-refractivity contribution < 1.29 is 22.3 Å². The Kier molecular flexibility index (Phi) is 5.48. The number of rotatable bonds is 7. The zero-order chi connectivity index (χ0) is 19.6. The highest BCUT2D eigenvalue weighted by molar-refractivity contribution is 7.89. The van der Waals surface area contributed by atoms with Gasteiger partial charge in [-0.1, -0.05) is 18.2 Å². The number of ether oxygens (including phenoxy) is 1. The highest BCUT2D eigenvalue weighted by Gasteiger charge is 2.34. The van der Waals surface area contributed by atoms with Crippen LogP contribution in [0.25, 0.3) is 0 Å². The van der Waals surface area contributed by atoms with E-state index < -0.39 is 10.0 Å². The summed E-state index contributed by atoms with van der Waals surface area (Å²) in [5, 5.41) is 0.